The number of piperazine rings is 1. The van der Waals surface area contributed by atoms with Crippen molar-refractivity contribution in [3.63, 3.8) is 0 Å². The van der Waals surface area contributed by atoms with Crippen LogP contribution in [0.5, 0.6) is 0 Å². The summed E-state index contributed by atoms with van der Waals surface area (Å²) in [6, 6.07) is 4.14. The molecule has 0 aromatic carbocycles. The lowest BCUT2D eigenvalue weighted by Gasteiger charge is -2.30. The summed E-state index contributed by atoms with van der Waals surface area (Å²) in [5, 5.41) is 3.27. The van der Waals surface area contributed by atoms with E-state index in [1.54, 1.807) is 7.05 Å². The highest BCUT2D eigenvalue weighted by atomic mass is 16.3. The number of rotatable bonds is 5. The Hall–Kier alpha value is -1.82. The molecule has 110 valence electrons. The molecule has 1 N–H and O–H groups in total. The third kappa shape index (κ3) is 3.39. The normalized spacial score (nSPS) is 16.4. The molecule has 6 heteroatoms. The molecule has 0 saturated carbocycles. The molecule has 2 amide bonds. The van der Waals surface area contributed by atoms with E-state index in [0.29, 0.717) is 38.0 Å². The SMILES string of the molecule is CC(C)NCc1ccc(CN2CCN(C)C(=O)C2=O)o1. The summed E-state index contributed by atoms with van der Waals surface area (Å²) in [6.45, 7) is 6.25. The van der Waals surface area contributed by atoms with Crippen LogP contribution >= 0.6 is 0 Å². The topological polar surface area (TPSA) is 65.8 Å². The average Bonchev–Trinajstić information content (AvgIpc) is 2.85. The molecule has 20 heavy (non-hydrogen) atoms. The zero-order valence-electron chi connectivity index (χ0n) is 12.2. The Morgan fingerprint density at radius 1 is 1.20 bits per heavy atom. The molecule has 0 bridgehead atoms. The molecule has 0 radical (unpaired) electrons. The van der Waals surface area contributed by atoms with Gasteiger partial charge in [0, 0.05) is 26.2 Å². The average molecular weight is 279 g/mol. The highest BCUT2D eigenvalue weighted by Crippen LogP contribution is 2.13. The van der Waals surface area contributed by atoms with E-state index >= 15 is 0 Å². The van der Waals surface area contributed by atoms with Crippen molar-refractivity contribution in [3.8, 4) is 0 Å². The fourth-order valence-corrected chi connectivity index (χ4v) is 2.02. The minimum Gasteiger partial charge on any atom is -0.463 e. The Balaban J connectivity index is 1.93. The van der Waals surface area contributed by atoms with Gasteiger partial charge in [0.2, 0.25) is 0 Å². The van der Waals surface area contributed by atoms with Gasteiger partial charge in [0.1, 0.15) is 11.5 Å². The van der Waals surface area contributed by atoms with Crippen molar-refractivity contribution in [3.05, 3.63) is 23.7 Å². The number of amides is 2. The van der Waals surface area contributed by atoms with Crippen molar-refractivity contribution in [2.75, 3.05) is 20.1 Å². The van der Waals surface area contributed by atoms with Crippen molar-refractivity contribution in [2.45, 2.75) is 33.0 Å². The maximum Gasteiger partial charge on any atom is 0.312 e. The van der Waals surface area contributed by atoms with Crippen LogP contribution in [0.2, 0.25) is 0 Å². The summed E-state index contributed by atoms with van der Waals surface area (Å²) in [5.41, 5.74) is 0. The second-order valence-corrected chi connectivity index (χ2v) is 5.36. The predicted molar refractivity (Wildman–Crippen MR) is 73.7 cm³/mol. The Morgan fingerprint density at radius 2 is 1.90 bits per heavy atom. The van der Waals surface area contributed by atoms with Crippen molar-refractivity contribution >= 4 is 11.8 Å². The summed E-state index contributed by atoms with van der Waals surface area (Å²) in [7, 11) is 1.64. The van der Waals surface area contributed by atoms with E-state index in [9.17, 15) is 9.59 Å². The first-order valence-electron chi connectivity index (χ1n) is 6.82. The van der Waals surface area contributed by atoms with Crippen LogP contribution in [0.3, 0.4) is 0 Å². The van der Waals surface area contributed by atoms with Crippen LogP contribution in [0.25, 0.3) is 0 Å². The summed E-state index contributed by atoms with van der Waals surface area (Å²) < 4.78 is 5.67. The first kappa shape index (κ1) is 14.6. The van der Waals surface area contributed by atoms with Gasteiger partial charge in [-0.3, -0.25) is 9.59 Å². The zero-order chi connectivity index (χ0) is 14.7. The molecular formula is C14H21N3O3. The van der Waals surface area contributed by atoms with Crippen LogP contribution in [-0.4, -0.2) is 47.8 Å². The number of nitrogens with one attached hydrogen (secondary N) is 1. The van der Waals surface area contributed by atoms with E-state index in [0.717, 1.165) is 5.76 Å². The van der Waals surface area contributed by atoms with E-state index in [-0.39, 0.29) is 0 Å². The molecule has 1 aliphatic heterocycles. The molecular weight excluding hydrogens is 258 g/mol. The minimum atomic E-state index is -0.461. The minimum absolute atomic E-state index is 0.347. The van der Waals surface area contributed by atoms with Crippen LogP contribution < -0.4 is 5.32 Å². The number of likely N-dealkylation sites (N-methyl/N-ethyl adjacent to an activating group) is 1. The van der Waals surface area contributed by atoms with Gasteiger partial charge in [0.25, 0.3) is 0 Å². The van der Waals surface area contributed by atoms with E-state index in [2.05, 4.69) is 19.2 Å². The third-order valence-electron chi connectivity index (χ3n) is 3.27. The molecule has 1 aromatic rings. The summed E-state index contributed by atoms with van der Waals surface area (Å²) in [4.78, 5) is 26.4. The molecule has 0 spiro atoms. The Labute approximate surface area is 118 Å². The summed E-state index contributed by atoms with van der Waals surface area (Å²) in [5.74, 6) is 0.624. The van der Waals surface area contributed by atoms with E-state index < -0.39 is 11.8 Å². The van der Waals surface area contributed by atoms with Crippen LogP contribution in [0.1, 0.15) is 25.4 Å². The van der Waals surface area contributed by atoms with Gasteiger partial charge >= 0.3 is 11.8 Å². The van der Waals surface area contributed by atoms with Crippen molar-refractivity contribution in [2.24, 2.45) is 0 Å². The Bertz CT molecular complexity index is 496. The molecule has 1 saturated heterocycles. The van der Waals surface area contributed by atoms with Crippen LogP contribution in [0.15, 0.2) is 16.5 Å². The molecule has 0 unspecified atom stereocenters. The van der Waals surface area contributed by atoms with Gasteiger partial charge < -0.3 is 19.5 Å². The van der Waals surface area contributed by atoms with Gasteiger partial charge in [-0.05, 0) is 12.1 Å². The smallest absolute Gasteiger partial charge is 0.312 e. The second kappa shape index (κ2) is 6.09. The number of furan rings is 1. The van der Waals surface area contributed by atoms with E-state index in [4.69, 9.17) is 4.42 Å². The molecule has 2 heterocycles. The van der Waals surface area contributed by atoms with Gasteiger partial charge in [-0.2, -0.15) is 0 Å². The van der Waals surface area contributed by atoms with Crippen molar-refractivity contribution in [1.82, 2.24) is 15.1 Å². The van der Waals surface area contributed by atoms with Crippen LogP contribution in [0.4, 0.5) is 0 Å². The maximum absolute atomic E-state index is 11.8. The van der Waals surface area contributed by atoms with Gasteiger partial charge in [0.05, 0.1) is 13.1 Å². The molecule has 6 nitrogen and oxygen atoms in total. The summed E-state index contributed by atoms with van der Waals surface area (Å²) >= 11 is 0. The number of hydrogen-bond donors (Lipinski definition) is 1. The lowest BCUT2D eigenvalue weighted by Crippen LogP contribution is -2.52. The van der Waals surface area contributed by atoms with E-state index in [1.807, 2.05) is 12.1 Å². The lowest BCUT2D eigenvalue weighted by atomic mass is 10.3. The third-order valence-corrected chi connectivity index (χ3v) is 3.27. The second-order valence-electron chi connectivity index (χ2n) is 5.36. The summed E-state index contributed by atoms with van der Waals surface area (Å²) in [6.07, 6.45) is 0. The van der Waals surface area contributed by atoms with Crippen LogP contribution in [0, 0.1) is 0 Å². The van der Waals surface area contributed by atoms with Crippen molar-refractivity contribution in [1.29, 1.82) is 0 Å². The largest absolute Gasteiger partial charge is 0.463 e. The highest BCUT2D eigenvalue weighted by Gasteiger charge is 2.30. The highest BCUT2D eigenvalue weighted by molar-refractivity contribution is 6.35. The molecule has 2 rings (SSSR count). The fraction of sp³-hybridized carbons (Fsp3) is 0.571. The predicted octanol–water partition coefficient (Wildman–Crippen LogP) is 0.578. The monoisotopic (exact) mass is 279 g/mol. The Morgan fingerprint density at radius 3 is 2.60 bits per heavy atom. The maximum atomic E-state index is 11.8. The molecule has 0 aliphatic carbocycles. The number of nitrogens with zero attached hydrogens (tertiary/aromatic N) is 2. The Kier molecular flexibility index (Phi) is 4.44. The molecule has 1 fully saturated rings. The quantitative estimate of drug-likeness (QED) is 0.801. The van der Waals surface area contributed by atoms with Gasteiger partial charge in [-0.25, -0.2) is 0 Å². The van der Waals surface area contributed by atoms with E-state index in [1.165, 1.54) is 9.80 Å². The molecule has 1 aromatic heterocycles. The van der Waals surface area contributed by atoms with Crippen molar-refractivity contribution < 1.29 is 14.0 Å². The standard InChI is InChI=1S/C14H21N3O3/c1-10(2)15-8-11-4-5-12(20-11)9-17-7-6-16(3)13(18)14(17)19/h4-5,10,15H,6-9H2,1-3H3. The molecule has 1 aliphatic rings. The first-order chi connectivity index (χ1) is 9.47. The fourth-order valence-electron chi connectivity index (χ4n) is 2.02. The van der Waals surface area contributed by atoms with Gasteiger partial charge in [-0.15, -0.1) is 0 Å². The van der Waals surface area contributed by atoms with Gasteiger partial charge in [0.15, 0.2) is 0 Å². The number of carbonyl (C=O) groups excluding carboxylic acids is 2. The van der Waals surface area contributed by atoms with Crippen LogP contribution in [-0.2, 0) is 22.7 Å². The lowest BCUT2D eigenvalue weighted by molar-refractivity contribution is -0.155. The number of hydrogen-bond acceptors (Lipinski definition) is 4. The molecule has 0 atom stereocenters. The first-order valence-corrected chi connectivity index (χ1v) is 6.82. The zero-order valence-corrected chi connectivity index (χ0v) is 12.2. The van der Waals surface area contributed by atoms with Gasteiger partial charge in [-0.1, -0.05) is 13.8 Å². The number of carbonyl (C=O) groups is 2.